The third-order valence-electron chi connectivity index (χ3n) is 8.30. The molecule has 1 aliphatic rings. The van der Waals surface area contributed by atoms with E-state index in [1.54, 1.807) is 0 Å². The molecule has 216 valence electrons. The van der Waals surface area contributed by atoms with Gasteiger partial charge in [0.2, 0.25) is 0 Å². The second-order valence-corrected chi connectivity index (χ2v) is 16.5. The zero-order valence-electron chi connectivity index (χ0n) is 25.7. The maximum Gasteiger partial charge on any atom is 0.261 e. The third kappa shape index (κ3) is 6.83. The summed E-state index contributed by atoms with van der Waals surface area (Å²) < 4.78 is 13.4. The minimum absolute atomic E-state index is 0.0171. The first-order chi connectivity index (χ1) is 19.6. The van der Waals surface area contributed by atoms with Crippen LogP contribution in [0.5, 0.6) is 5.75 Å². The number of allylic oxidation sites excluding steroid dienone is 1. The average molecular weight is 567 g/mol. The smallest absolute Gasteiger partial charge is 0.261 e. The summed E-state index contributed by atoms with van der Waals surface area (Å²) >= 11 is 0. The molecule has 0 saturated heterocycles. The number of hydrogen-bond acceptors (Lipinski definition) is 3. The van der Waals surface area contributed by atoms with Crippen LogP contribution in [-0.2, 0) is 9.16 Å². The molecule has 1 heterocycles. The van der Waals surface area contributed by atoms with Gasteiger partial charge in [0.1, 0.15) is 5.75 Å². The molecule has 4 rings (SSSR count). The molecule has 0 amide bonds. The highest BCUT2D eigenvalue weighted by atomic mass is 28.4. The van der Waals surface area contributed by atoms with Crippen molar-refractivity contribution in [2.75, 3.05) is 13.2 Å². The number of phenolic OH excluding ortho intramolecular Hbond substituents is 1. The van der Waals surface area contributed by atoms with E-state index in [1.165, 1.54) is 21.5 Å². The summed E-state index contributed by atoms with van der Waals surface area (Å²) in [5.74, 6) is 0.383. The Labute approximate surface area is 248 Å². The summed E-state index contributed by atoms with van der Waals surface area (Å²) in [5.41, 5.74) is 6.52. The Kier molecular flexibility index (Phi) is 9.91. The van der Waals surface area contributed by atoms with Gasteiger partial charge in [-0.15, -0.1) is 0 Å². The van der Waals surface area contributed by atoms with Gasteiger partial charge in [-0.2, -0.15) is 0 Å². The Bertz CT molecular complexity index is 1330. The van der Waals surface area contributed by atoms with E-state index >= 15 is 0 Å². The molecule has 3 nitrogen and oxygen atoms in total. The van der Waals surface area contributed by atoms with E-state index in [9.17, 15) is 5.11 Å². The maximum absolute atomic E-state index is 10.2. The molecule has 0 spiro atoms. The van der Waals surface area contributed by atoms with Crippen LogP contribution in [0.1, 0.15) is 63.6 Å². The minimum Gasteiger partial charge on any atom is -0.507 e. The predicted molar refractivity (Wildman–Crippen MR) is 176 cm³/mol. The first kappa shape index (κ1) is 30.8. The molecule has 0 bridgehead atoms. The summed E-state index contributed by atoms with van der Waals surface area (Å²) in [6.45, 7) is 18.6. The van der Waals surface area contributed by atoms with E-state index in [0.717, 1.165) is 41.5 Å². The molecule has 0 saturated carbocycles. The molecule has 1 N–H and O–H groups in total. The Balaban J connectivity index is 1.51. The monoisotopic (exact) mass is 566 g/mol. The lowest BCUT2D eigenvalue weighted by atomic mass is 9.95. The summed E-state index contributed by atoms with van der Waals surface area (Å²) in [6, 6.07) is 25.6. The van der Waals surface area contributed by atoms with Gasteiger partial charge in [-0.1, -0.05) is 113 Å². The Hall–Kier alpha value is -3.18. The molecule has 3 aromatic rings. The van der Waals surface area contributed by atoms with Crippen LogP contribution in [0.25, 0.3) is 6.08 Å². The largest absolute Gasteiger partial charge is 0.507 e. The highest BCUT2D eigenvalue weighted by Gasteiger charge is 2.50. The fourth-order valence-electron chi connectivity index (χ4n) is 6.10. The summed E-state index contributed by atoms with van der Waals surface area (Å²) in [7, 11) is -2.64. The fourth-order valence-corrected chi connectivity index (χ4v) is 10.6. The van der Waals surface area contributed by atoms with Gasteiger partial charge in [-0.25, -0.2) is 0 Å². The van der Waals surface area contributed by atoms with Crippen molar-refractivity contribution in [3.05, 3.63) is 119 Å². The first-order valence-electron chi connectivity index (χ1n) is 14.8. The average Bonchev–Trinajstić information content (AvgIpc) is 3.43. The second-order valence-electron chi connectivity index (χ2n) is 12.2. The molecular weight excluding hydrogens is 520 g/mol. The number of hydrogen-bond donors (Lipinski definition) is 1. The number of aryl methyl sites for hydroxylation is 2. The molecule has 0 aromatic heterocycles. The van der Waals surface area contributed by atoms with Gasteiger partial charge in [-0.3, -0.25) is 0 Å². The van der Waals surface area contributed by atoms with Crippen LogP contribution in [0, 0.1) is 13.8 Å². The lowest BCUT2D eigenvalue weighted by Crippen LogP contribution is -2.66. The fraction of sp³-hybridized carbons (Fsp3) is 0.351. The van der Waals surface area contributed by atoms with Crippen LogP contribution in [0.2, 0.25) is 5.04 Å². The lowest BCUT2D eigenvalue weighted by Gasteiger charge is -2.43. The van der Waals surface area contributed by atoms with Crippen LogP contribution >= 0.6 is 0 Å². The normalized spacial score (nSPS) is 16.1. The first-order valence-corrected chi connectivity index (χ1v) is 16.7. The molecule has 1 aliphatic heterocycles. The van der Waals surface area contributed by atoms with Crippen molar-refractivity contribution in [2.45, 2.75) is 71.9 Å². The Morgan fingerprint density at radius 1 is 1.00 bits per heavy atom. The topological polar surface area (TPSA) is 38.7 Å². The van der Waals surface area contributed by atoms with E-state index < -0.39 is 8.32 Å². The van der Waals surface area contributed by atoms with Crippen molar-refractivity contribution in [1.82, 2.24) is 0 Å². The van der Waals surface area contributed by atoms with Gasteiger partial charge in [0.05, 0.1) is 19.3 Å². The van der Waals surface area contributed by atoms with E-state index in [0.29, 0.717) is 19.0 Å². The number of ether oxygens (including phenoxy) is 1. The maximum atomic E-state index is 10.2. The van der Waals surface area contributed by atoms with E-state index in [1.807, 2.05) is 13.8 Å². The molecule has 4 heteroatoms. The molecule has 41 heavy (non-hydrogen) atoms. The summed E-state index contributed by atoms with van der Waals surface area (Å²) in [5, 5.41) is 12.6. The van der Waals surface area contributed by atoms with Gasteiger partial charge in [0, 0.05) is 0 Å². The quantitative estimate of drug-likeness (QED) is 0.239. The van der Waals surface area contributed by atoms with Crippen molar-refractivity contribution >= 4 is 24.8 Å². The van der Waals surface area contributed by atoms with Crippen molar-refractivity contribution in [3.8, 4) is 5.75 Å². The number of aromatic hydroxyl groups is 1. The van der Waals surface area contributed by atoms with Crippen LogP contribution in [0.15, 0.2) is 102 Å². The number of benzene rings is 3. The van der Waals surface area contributed by atoms with Crippen molar-refractivity contribution in [3.63, 3.8) is 0 Å². The van der Waals surface area contributed by atoms with Gasteiger partial charge in [0.15, 0.2) is 0 Å². The summed E-state index contributed by atoms with van der Waals surface area (Å²) in [4.78, 5) is 0. The second kappa shape index (κ2) is 13.2. The highest BCUT2D eigenvalue weighted by molar-refractivity contribution is 6.99. The van der Waals surface area contributed by atoms with E-state index in [2.05, 4.69) is 119 Å². The van der Waals surface area contributed by atoms with Crippen LogP contribution in [0.3, 0.4) is 0 Å². The molecule has 1 atom stereocenters. The van der Waals surface area contributed by atoms with Gasteiger partial charge in [-0.05, 0) is 88.5 Å². The van der Waals surface area contributed by atoms with Crippen LogP contribution in [-0.4, -0.2) is 32.7 Å². The zero-order chi connectivity index (χ0) is 29.6. The number of rotatable bonds is 11. The molecular formula is C37H46O3Si. The lowest BCUT2D eigenvalue weighted by molar-refractivity contribution is 0.115. The molecule has 0 aliphatic carbocycles. The Morgan fingerprint density at radius 2 is 1.56 bits per heavy atom. The zero-order valence-corrected chi connectivity index (χ0v) is 26.7. The van der Waals surface area contributed by atoms with Gasteiger partial charge in [0.25, 0.3) is 8.32 Å². The standard InChI is InChI=1S/C37H46O3Si/c1-8-30(25-31-23-27(2)36(38)28(3)24-31)19-20-35-34(21-22-39-35)29(4)26-40-41(37(5,6)7,32-15-11-9-12-16-32)33-17-13-10-14-18-33/h9-18,21,23-25,35,38H,4,8,19-20,22,26H2,1-3,5-7H3/b30-25+. The van der Waals surface area contributed by atoms with Gasteiger partial charge < -0.3 is 14.3 Å². The Morgan fingerprint density at radius 3 is 2.07 bits per heavy atom. The highest BCUT2D eigenvalue weighted by Crippen LogP contribution is 2.38. The minimum atomic E-state index is -2.64. The van der Waals surface area contributed by atoms with Crippen molar-refractivity contribution in [1.29, 1.82) is 0 Å². The molecule has 0 radical (unpaired) electrons. The van der Waals surface area contributed by atoms with E-state index in [-0.39, 0.29) is 11.1 Å². The SMILES string of the molecule is C=C(CO[Si](c1ccccc1)(c1ccccc1)C(C)(C)C)C1=CCOC1CC/C(=C/c1cc(C)c(O)c(C)c1)CC. The van der Waals surface area contributed by atoms with E-state index in [4.69, 9.17) is 9.16 Å². The van der Waals surface area contributed by atoms with Crippen LogP contribution in [0.4, 0.5) is 0 Å². The number of phenols is 1. The molecule has 1 unspecified atom stereocenters. The third-order valence-corrected chi connectivity index (χ3v) is 13.3. The van der Waals surface area contributed by atoms with Crippen LogP contribution < -0.4 is 10.4 Å². The molecule has 3 aromatic carbocycles. The van der Waals surface area contributed by atoms with Crippen molar-refractivity contribution in [2.24, 2.45) is 0 Å². The predicted octanol–water partition coefficient (Wildman–Crippen LogP) is 8.04. The van der Waals surface area contributed by atoms with Crippen molar-refractivity contribution < 1.29 is 14.3 Å². The molecule has 0 fully saturated rings. The van der Waals surface area contributed by atoms with Gasteiger partial charge >= 0.3 is 0 Å². The summed E-state index contributed by atoms with van der Waals surface area (Å²) in [6.07, 6.45) is 7.29.